The zero-order chi connectivity index (χ0) is 13.8. The Morgan fingerprint density at radius 2 is 2.16 bits per heavy atom. The highest BCUT2D eigenvalue weighted by atomic mass is 19.1. The van der Waals surface area contributed by atoms with Gasteiger partial charge in [-0.15, -0.1) is 0 Å². The summed E-state index contributed by atoms with van der Waals surface area (Å²) in [4.78, 5) is 0. The summed E-state index contributed by atoms with van der Waals surface area (Å²) in [6, 6.07) is 4.58. The third kappa shape index (κ3) is 3.25. The smallest absolute Gasteiger partial charge is 0.123 e. The predicted molar refractivity (Wildman–Crippen MR) is 72.9 cm³/mol. The normalized spacial score (nSPS) is 18.1. The van der Waals surface area contributed by atoms with E-state index in [0.717, 1.165) is 5.56 Å². The van der Waals surface area contributed by atoms with Crippen LogP contribution in [0, 0.1) is 11.7 Å². The Balaban J connectivity index is 2.31. The van der Waals surface area contributed by atoms with E-state index in [2.05, 4.69) is 5.32 Å². The van der Waals surface area contributed by atoms with Crippen LogP contribution in [0.1, 0.15) is 31.4 Å². The maximum atomic E-state index is 13.5. The molecule has 1 N–H and O–H groups in total. The van der Waals surface area contributed by atoms with E-state index in [-0.39, 0.29) is 18.0 Å². The first-order chi connectivity index (χ1) is 9.21. The molecule has 0 heterocycles. The molecular formula is C15H22FNO2. The first-order valence-electron chi connectivity index (χ1n) is 6.83. The molecule has 1 aliphatic carbocycles. The lowest BCUT2D eigenvalue weighted by molar-refractivity contribution is 0.0198. The van der Waals surface area contributed by atoms with E-state index >= 15 is 0 Å². The quantitative estimate of drug-likeness (QED) is 0.824. The molecule has 2 rings (SSSR count). The SMILES string of the molecule is CCOC(C1CC1)C(NC)c1cc(F)ccc1OC. The van der Waals surface area contributed by atoms with Crippen molar-refractivity contribution in [2.45, 2.75) is 31.9 Å². The Kier molecular flexibility index (Phi) is 4.77. The van der Waals surface area contributed by atoms with Crippen molar-refractivity contribution in [3.8, 4) is 5.75 Å². The Morgan fingerprint density at radius 3 is 2.68 bits per heavy atom. The number of halogens is 1. The maximum Gasteiger partial charge on any atom is 0.123 e. The summed E-state index contributed by atoms with van der Waals surface area (Å²) in [6.07, 6.45) is 2.44. The second kappa shape index (κ2) is 6.35. The van der Waals surface area contributed by atoms with Gasteiger partial charge in [-0.1, -0.05) is 0 Å². The van der Waals surface area contributed by atoms with Crippen LogP contribution in [0.15, 0.2) is 18.2 Å². The number of benzene rings is 1. The first kappa shape index (κ1) is 14.3. The predicted octanol–water partition coefficient (Wildman–Crippen LogP) is 2.91. The van der Waals surface area contributed by atoms with E-state index < -0.39 is 0 Å². The highest BCUT2D eigenvalue weighted by Crippen LogP contribution is 2.41. The fourth-order valence-corrected chi connectivity index (χ4v) is 2.57. The van der Waals surface area contributed by atoms with Gasteiger partial charge in [-0.05, 0) is 50.9 Å². The molecule has 2 unspecified atom stereocenters. The number of hydrogen-bond donors (Lipinski definition) is 1. The van der Waals surface area contributed by atoms with Gasteiger partial charge in [0.2, 0.25) is 0 Å². The molecule has 1 saturated carbocycles. The summed E-state index contributed by atoms with van der Waals surface area (Å²) in [5, 5.41) is 3.25. The molecule has 0 spiro atoms. The minimum Gasteiger partial charge on any atom is -0.496 e. The molecule has 0 radical (unpaired) electrons. The van der Waals surface area contributed by atoms with Crippen LogP contribution in [-0.2, 0) is 4.74 Å². The lowest BCUT2D eigenvalue weighted by Gasteiger charge is -2.28. The summed E-state index contributed by atoms with van der Waals surface area (Å²) in [7, 11) is 3.49. The summed E-state index contributed by atoms with van der Waals surface area (Å²) < 4.78 is 24.7. The highest BCUT2D eigenvalue weighted by Gasteiger charge is 2.38. The van der Waals surface area contributed by atoms with Gasteiger partial charge in [-0.2, -0.15) is 0 Å². The third-order valence-electron chi connectivity index (χ3n) is 3.61. The van der Waals surface area contributed by atoms with Crippen LogP contribution < -0.4 is 10.1 Å². The van der Waals surface area contributed by atoms with Crippen molar-refractivity contribution in [3.05, 3.63) is 29.6 Å². The van der Waals surface area contributed by atoms with Crippen LogP contribution in [0.25, 0.3) is 0 Å². The highest BCUT2D eigenvalue weighted by molar-refractivity contribution is 5.37. The zero-order valence-corrected chi connectivity index (χ0v) is 11.8. The van der Waals surface area contributed by atoms with Gasteiger partial charge in [-0.3, -0.25) is 0 Å². The molecule has 4 heteroatoms. The van der Waals surface area contributed by atoms with Gasteiger partial charge in [0, 0.05) is 12.2 Å². The second-order valence-corrected chi connectivity index (χ2v) is 4.91. The van der Waals surface area contributed by atoms with Gasteiger partial charge in [-0.25, -0.2) is 4.39 Å². The molecule has 0 bridgehead atoms. The van der Waals surface area contributed by atoms with Gasteiger partial charge >= 0.3 is 0 Å². The average Bonchev–Trinajstić information content (AvgIpc) is 3.23. The monoisotopic (exact) mass is 267 g/mol. The summed E-state index contributed by atoms with van der Waals surface area (Å²) in [5.41, 5.74) is 0.829. The van der Waals surface area contributed by atoms with Crippen LogP contribution in [0.5, 0.6) is 5.75 Å². The van der Waals surface area contributed by atoms with E-state index in [1.54, 1.807) is 13.2 Å². The van der Waals surface area contributed by atoms with Crippen molar-refractivity contribution in [2.24, 2.45) is 5.92 Å². The molecule has 0 aromatic heterocycles. The summed E-state index contributed by atoms with van der Waals surface area (Å²) in [6.45, 7) is 2.65. The van der Waals surface area contributed by atoms with Gasteiger partial charge < -0.3 is 14.8 Å². The van der Waals surface area contributed by atoms with E-state index in [9.17, 15) is 4.39 Å². The minimum atomic E-state index is -0.248. The van der Waals surface area contributed by atoms with E-state index in [0.29, 0.717) is 18.3 Å². The van der Waals surface area contributed by atoms with Crippen molar-refractivity contribution < 1.29 is 13.9 Å². The average molecular weight is 267 g/mol. The van der Waals surface area contributed by atoms with Crippen LogP contribution in [0.3, 0.4) is 0 Å². The molecule has 19 heavy (non-hydrogen) atoms. The number of rotatable bonds is 7. The molecule has 1 aromatic carbocycles. The van der Waals surface area contributed by atoms with Crippen molar-refractivity contribution >= 4 is 0 Å². The van der Waals surface area contributed by atoms with Crippen molar-refractivity contribution in [2.75, 3.05) is 20.8 Å². The van der Waals surface area contributed by atoms with Gasteiger partial charge in [0.05, 0.1) is 19.3 Å². The molecule has 106 valence electrons. The molecule has 1 aliphatic rings. The Labute approximate surface area is 114 Å². The van der Waals surface area contributed by atoms with Crippen LogP contribution in [-0.4, -0.2) is 26.9 Å². The summed E-state index contributed by atoms with van der Waals surface area (Å²) in [5.74, 6) is 1.01. The largest absolute Gasteiger partial charge is 0.496 e. The first-order valence-corrected chi connectivity index (χ1v) is 6.83. The third-order valence-corrected chi connectivity index (χ3v) is 3.61. The zero-order valence-electron chi connectivity index (χ0n) is 11.8. The number of ether oxygens (including phenoxy) is 2. The van der Waals surface area contributed by atoms with Gasteiger partial charge in [0.1, 0.15) is 11.6 Å². The number of likely N-dealkylation sites (N-methyl/N-ethyl adjacent to an activating group) is 1. The lowest BCUT2D eigenvalue weighted by atomic mass is 9.97. The van der Waals surface area contributed by atoms with Crippen LogP contribution in [0.4, 0.5) is 4.39 Å². The topological polar surface area (TPSA) is 30.5 Å². The minimum absolute atomic E-state index is 0.0434. The van der Waals surface area contributed by atoms with Gasteiger partial charge in [0.25, 0.3) is 0 Å². The van der Waals surface area contributed by atoms with Crippen LogP contribution >= 0.6 is 0 Å². The van der Waals surface area contributed by atoms with Gasteiger partial charge in [0.15, 0.2) is 0 Å². The molecular weight excluding hydrogens is 245 g/mol. The van der Waals surface area contributed by atoms with Crippen LogP contribution in [0.2, 0.25) is 0 Å². The maximum absolute atomic E-state index is 13.5. The Bertz CT molecular complexity index is 421. The fourth-order valence-electron chi connectivity index (χ4n) is 2.57. The number of methoxy groups -OCH3 is 1. The van der Waals surface area contributed by atoms with E-state index in [1.165, 1.54) is 25.0 Å². The van der Waals surface area contributed by atoms with Crippen molar-refractivity contribution in [1.82, 2.24) is 5.32 Å². The van der Waals surface area contributed by atoms with Crippen molar-refractivity contribution in [1.29, 1.82) is 0 Å². The molecule has 1 aromatic rings. The lowest BCUT2D eigenvalue weighted by Crippen LogP contribution is -2.33. The molecule has 1 fully saturated rings. The Hall–Kier alpha value is -1.13. The number of nitrogens with one attached hydrogen (secondary N) is 1. The number of hydrogen-bond acceptors (Lipinski definition) is 3. The summed E-state index contributed by atoms with van der Waals surface area (Å²) >= 11 is 0. The molecule has 0 aliphatic heterocycles. The second-order valence-electron chi connectivity index (χ2n) is 4.91. The molecule has 0 saturated heterocycles. The molecule has 2 atom stereocenters. The Morgan fingerprint density at radius 1 is 1.42 bits per heavy atom. The fraction of sp³-hybridized carbons (Fsp3) is 0.600. The molecule has 3 nitrogen and oxygen atoms in total. The van der Waals surface area contributed by atoms with Crippen molar-refractivity contribution in [3.63, 3.8) is 0 Å². The molecule has 0 amide bonds. The van der Waals surface area contributed by atoms with E-state index in [4.69, 9.17) is 9.47 Å². The standard InChI is InChI=1S/C15H22FNO2/c1-4-19-15(10-5-6-10)14(17-2)12-9-11(16)7-8-13(12)18-3/h7-10,14-15,17H,4-6H2,1-3H3. The van der Waals surface area contributed by atoms with E-state index in [1.807, 2.05) is 14.0 Å².